The number of anilines is 1. The molecule has 128 valence electrons. The fourth-order valence-corrected chi connectivity index (χ4v) is 4.56. The maximum Gasteiger partial charge on any atom is 0.256 e. The van der Waals surface area contributed by atoms with E-state index in [9.17, 15) is 4.79 Å². The molecule has 3 nitrogen and oxygen atoms in total. The minimum atomic E-state index is -0.128. The summed E-state index contributed by atoms with van der Waals surface area (Å²) >= 11 is 10.2. The average Bonchev–Trinajstić information content (AvgIpc) is 3.02. The van der Waals surface area contributed by atoms with Gasteiger partial charge < -0.3 is 5.32 Å². The van der Waals surface area contributed by atoms with E-state index < -0.39 is 0 Å². The third-order valence-corrected chi connectivity index (χ3v) is 6.46. The van der Waals surface area contributed by atoms with Crippen LogP contribution in [0, 0.1) is 6.92 Å². The number of thioether (sulfide) groups is 1. The summed E-state index contributed by atoms with van der Waals surface area (Å²) in [7, 11) is 0. The van der Waals surface area contributed by atoms with Gasteiger partial charge in [0.1, 0.15) is 0 Å². The van der Waals surface area contributed by atoms with E-state index in [-0.39, 0.29) is 5.91 Å². The van der Waals surface area contributed by atoms with Crippen LogP contribution in [0.1, 0.15) is 21.1 Å². The second kappa shape index (κ2) is 8.49. The maximum absolute atomic E-state index is 12.7. The normalized spacial score (nSPS) is 10.7. The van der Waals surface area contributed by atoms with Crippen LogP contribution in [-0.4, -0.2) is 10.9 Å². The Morgan fingerprint density at radius 3 is 2.80 bits per heavy atom. The van der Waals surface area contributed by atoms with Crippen molar-refractivity contribution in [3.8, 4) is 0 Å². The Balaban J connectivity index is 1.77. The van der Waals surface area contributed by atoms with Crippen molar-refractivity contribution in [3.63, 3.8) is 0 Å². The number of carbonyl (C=O) groups excluding carboxylic acids is 1. The van der Waals surface area contributed by atoms with E-state index in [4.69, 9.17) is 0 Å². The summed E-state index contributed by atoms with van der Waals surface area (Å²) in [4.78, 5) is 18.2. The quantitative estimate of drug-likeness (QED) is 0.408. The monoisotopic (exact) mass is 496 g/mol. The number of nitrogens with zero attached hydrogens (tertiary/aromatic N) is 1. The molecule has 1 heterocycles. The molecule has 0 atom stereocenters. The molecule has 1 N–H and O–H groups in total. The molecule has 3 rings (SSSR count). The van der Waals surface area contributed by atoms with Gasteiger partial charge in [-0.05, 0) is 53.2 Å². The highest BCUT2D eigenvalue weighted by Crippen LogP contribution is 2.30. The summed E-state index contributed by atoms with van der Waals surface area (Å²) in [5, 5.41) is 6.08. The number of thiazole rings is 1. The molecule has 0 saturated heterocycles. The van der Waals surface area contributed by atoms with Gasteiger partial charge in [0, 0.05) is 25.0 Å². The summed E-state index contributed by atoms with van der Waals surface area (Å²) in [5.41, 5.74) is 2.43. The van der Waals surface area contributed by atoms with Gasteiger partial charge >= 0.3 is 0 Å². The topological polar surface area (TPSA) is 42.0 Å². The van der Waals surface area contributed by atoms with E-state index >= 15 is 0 Å². The van der Waals surface area contributed by atoms with Crippen molar-refractivity contribution >= 4 is 66.6 Å². The molecule has 25 heavy (non-hydrogen) atoms. The summed E-state index contributed by atoms with van der Waals surface area (Å²) in [5.74, 6) is 0.617. The second-order valence-electron chi connectivity index (χ2n) is 5.22. The highest BCUT2D eigenvalue weighted by atomic mass is 79.9. The van der Waals surface area contributed by atoms with Crippen LogP contribution in [0.5, 0.6) is 0 Å². The minimum Gasteiger partial charge on any atom is -0.321 e. The highest BCUT2D eigenvalue weighted by Gasteiger charge is 2.14. The summed E-state index contributed by atoms with van der Waals surface area (Å²) in [6, 6.07) is 13.3. The van der Waals surface area contributed by atoms with Crippen LogP contribution in [0.3, 0.4) is 0 Å². The first-order valence-electron chi connectivity index (χ1n) is 7.42. The number of carbonyl (C=O) groups is 1. The maximum atomic E-state index is 12.7. The van der Waals surface area contributed by atoms with Crippen LogP contribution in [-0.2, 0) is 5.75 Å². The molecule has 7 heteroatoms. The Kier molecular flexibility index (Phi) is 6.33. The van der Waals surface area contributed by atoms with E-state index in [0.29, 0.717) is 5.56 Å². The predicted octanol–water partition coefficient (Wildman–Crippen LogP) is 6.52. The van der Waals surface area contributed by atoms with Gasteiger partial charge in [0.2, 0.25) is 0 Å². The third-order valence-electron chi connectivity index (χ3n) is 3.35. The van der Waals surface area contributed by atoms with Crippen LogP contribution in [0.4, 0.5) is 5.69 Å². The van der Waals surface area contributed by atoms with Crippen molar-refractivity contribution in [1.82, 2.24) is 4.98 Å². The molecule has 0 unspecified atom stereocenters. The first-order valence-corrected chi connectivity index (χ1v) is 10.9. The lowest BCUT2D eigenvalue weighted by Gasteiger charge is -2.11. The van der Waals surface area contributed by atoms with Crippen LogP contribution < -0.4 is 5.32 Å². The Bertz CT molecular complexity index is 912. The first kappa shape index (κ1) is 18.6. The number of halogens is 2. The van der Waals surface area contributed by atoms with Gasteiger partial charge in [-0.1, -0.05) is 28.1 Å². The van der Waals surface area contributed by atoms with Gasteiger partial charge in [0.25, 0.3) is 5.91 Å². The highest BCUT2D eigenvalue weighted by molar-refractivity contribution is 9.11. The number of aryl methyl sites for hydroxylation is 1. The smallest absolute Gasteiger partial charge is 0.256 e. The van der Waals surface area contributed by atoms with Gasteiger partial charge in [0.05, 0.1) is 22.0 Å². The fraction of sp³-hybridized carbons (Fsp3) is 0.111. The molecule has 0 fully saturated rings. The lowest BCUT2D eigenvalue weighted by Crippen LogP contribution is -2.13. The largest absolute Gasteiger partial charge is 0.321 e. The van der Waals surface area contributed by atoms with Gasteiger partial charge in [-0.25, -0.2) is 4.98 Å². The SMILES string of the molecule is Cc1nc(CSc2ccccc2C(=O)Nc2cc(Br)ccc2Br)cs1. The minimum absolute atomic E-state index is 0.128. The number of aromatic nitrogens is 1. The number of benzene rings is 2. The summed E-state index contributed by atoms with van der Waals surface area (Å²) in [6.45, 7) is 2.00. The Hall–Kier alpha value is -1.15. The van der Waals surface area contributed by atoms with Crippen molar-refractivity contribution < 1.29 is 4.79 Å². The lowest BCUT2D eigenvalue weighted by molar-refractivity contribution is 0.102. The van der Waals surface area contributed by atoms with Crippen molar-refractivity contribution in [2.45, 2.75) is 17.6 Å². The standard InChI is InChI=1S/C18H14Br2N2OS2/c1-11-21-13(9-24-11)10-25-17-5-3-2-4-14(17)18(23)22-16-8-12(19)6-7-15(16)20/h2-9H,10H2,1H3,(H,22,23). The zero-order chi connectivity index (χ0) is 17.8. The van der Waals surface area contributed by atoms with Crippen molar-refractivity contribution in [1.29, 1.82) is 0 Å². The molecule has 0 aliphatic rings. The molecular formula is C18H14Br2N2OS2. The van der Waals surface area contributed by atoms with Gasteiger partial charge in [-0.15, -0.1) is 23.1 Å². The van der Waals surface area contributed by atoms with Crippen LogP contribution >= 0.6 is 55.0 Å². The molecule has 0 radical (unpaired) electrons. The molecule has 0 aliphatic heterocycles. The number of hydrogen-bond donors (Lipinski definition) is 1. The fourth-order valence-electron chi connectivity index (χ4n) is 2.19. The van der Waals surface area contributed by atoms with Crippen molar-refractivity contribution in [2.75, 3.05) is 5.32 Å². The van der Waals surface area contributed by atoms with E-state index in [1.54, 1.807) is 23.1 Å². The van der Waals surface area contributed by atoms with Crippen LogP contribution in [0.2, 0.25) is 0 Å². The summed E-state index contributed by atoms with van der Waals surface area (Å²) < 4.78 is 1.75. The number of rotatable bonds is 5. The first-order chi connectivity index (χ1) is 12.0. The van der Waals surface area contributed by atoms with Gasteiger partial charge in [0.15, 0.2) is 0 Å². The van der Waals surface area contributed by atoms with Crippen molar-refractivity contribution in [2.24, 2.45) is 0 Å². The number of hydrogen-bond acceptors (Lipinski definition) is 4. The van der Waals surface area contributed by atoms with E-state index in [2.05, 4.69) is 47.5 Å². The molecule has 3 aromatic rings. The predicted molar refractivity (Wildman–Crippen MR) is 113 cm³/mol. The van der Waals surface area contributed by atoms with Crippen molar-refractivity contribution in [3.05, 3.63) is 73.1 Å². The molecular weight excluding hydrogens is 484 g/mol. The molecule has 1 aromatic heterocycles. The third kappa shape index (κ3) is 4.94. The molecule has 0 spiro atoms. The Labute approximate surface area is 171 Å². The van der Waals surface area contributed by atoms with E-state index in [1.807, 2.05) is 49.4 Å². The van der Waals surface area contributed by atoms with E-state index in [1.165, 1.54) is 0 Å². The molecule has 0 bridgehead atoms. The van der Waals surface area contributed by atoms with Crippen LogP contribution in [0.25, 0.3) is 0 Å². The molecule has 1 amide bonds. The molecule has 0 aliphatic carbocycles. The van der Waals surface area contributed by atoms with E-state index in [0.717, 1.165) is 36.0 Å². The zero-order valence-electron chi connectivity index (χ0n) is 13.3. The Morgan fingerprint density at radius 2 is 2.04 bits per heavy atom. The number of amides is 1. The second-order valence-corrected chi connectivity index (χ2v) is 9.07. The van der Waals surface area contributed by atoms with Gasteiger partial charge in [-0.3, -0.25) is 4.79 Å². The summed E-state index contributed by atoms with van der Waals surface area (Å²) in [6.07, 6.45) is 0. The van der Waals surface area contributed by atoms with Crippen LogP contribution in [0.15, 0.2) is 61.7 Å². The Morgan fingerprint density at radius 1 is 1.24 bits per heavy atom. The molecule has 0 saturated carbocycles. The average molecular weight is 498 g/mol. The van der Waals surface area contributed by atoms with Gasteiger partial charge in [-0.2, -0.15) is 0 Å². The lowest BCUT2D eigenvalue weighted by atomic mass is 10.2. The zero-order valence-corrected chi connectivity index (χ0v) is 18.1. The number of nitrogens with one attached hydrogen (secondary N) is 1. The molecule has 2 aromatic carbocycles.